The Bertz CT molecular complexity index is 660. The highest BCUT2D eigenvalue weighted by atomic mass is 19.1. The molecular formula is C15H20FN3O2. The summed E-state index contributed by atoms with van der Waals surface area (Å²) in [5.74, 6) is 1.44. The van der Waals surface area contributed by atoms with Gasteiger partial charge in [0.1, 0.15) is 11.5 Å². The zero-order valence-electron chi connectivity index (χ0n) is 12.9. The minimum Gasteiger partial charge on any atom is -0.493 e. The fourth-order valence-corrected chi connectivity index (χ4v) is 2.16. The lowest BCUT2D eigenvalue weighted by Gasteiger charge is -2.20. The van der Waals surface area contributed by atoms with Crippen LogP contribution < -0.4 is 15.2 Å². The second kappa shape index (κ2) is 5.27. The third-order valence-corrected chi connectivity index (χ3v) is 3.44. The molecule has 0 radical (unpaired) electrons. The van der Waals surface area contributed by atoms with Crippen LogP contribution in [0.5, 0.6) is 11.5 Å². The van der Waals surface area contributed by atoms with Gasteiger partial charge in [-0.25, -0.2) is 4.39 Å². The molecule has 1 aromatic heterocycles. The lowest BCUT2D eigenvalue weighted by Crippen LogP contribution is -2.10. The van der Waals surface area contributed by atoms with Crippen LogP contribution in [0, 0.1) is 0 Å². The molecule has 114 valence electrons. The number of aromatic nitrogens is 2. The van der Waals surface area contributed by atoms with E-state index in [4.69, 9.17) is 15.2 Å². The Kier molecular flexibility index (Phi) is 3.80. The lowest BCUT2D eigenvalue weighted by molar-refractivity contribution is 0.220. The van der Waals surface area contributed by atoms with Crippen molar-refractivity contribution in [2.75, 3.05) is 20.0 Å². The van der Waals surface area contributed by atoms with Gasteiger partial charge in [0.05, 0.1) is 20.4 Å². The monoisotopic (exact) mass is 293 g/mol. The molecule has 0 aliphatic rings. The summed E-state index contributed by atoms with van der Waals surface area (Å²) in [6.45, 7) is 2.98. The molecular weight excluding hydrogens is 273 g/mol. The van der Waals surface area contributed by atoms with Crippen LogP contribution in [0.4, 0.5) is 10.2 Å². The largest absolute Gasteiger partial charge is 0.493 e. The highest BCUT2D eigenvalue weighted by Crippen LogP contribution is 2.43. The number of nitrogens with zero attached hydrogens (tertiary/aromatic N) is 2. The zero-order valence-corrected chi connectivity index (χ0v) is 12.9. The van der Waals surface area contributed by atoms with Crippen LogP contribution in [-0.4, -0.2) is 24.0 Å². The standard InChI is InChI=1S/C15H20FN3O2/c1-15(2,16)9-6-10(11-8-18-19(3)14(11)17)13(21-5)12(7-9)20-4/h6-8H,17H2,1-5H3. The molecule has 0 bridgehead atoms. The van der Waals surface area contributed by atoms with E-state index in [1.807, 2.05) is 0 Å². The molecule has 0 saturated heterocycles. The van der Waals surface area contributed by atoms with Crippen LogP contribution in [0.1, 0.15) is 19.4 Å². The van der Waals surface area contributed by atoms with Gasteiger partial charge >= 0.3 is 0 Å². The zero-order chi connectivity index (χ0) is 15.8. The molecule has 0 unspecified atom stereocenters. The maximum absolute atomic E-state index is 14.3. The summed E-state index contributed by atoms with van der Waals surface area (Å²) in [7, 11) is 4.79. The molecule has 2 aromatic rings. The van der Waals surface area contributed by atoms with Crippen molar-refractivity contribution < 1.29 is 13.9 Å². The first-order chi connectivity index (χ1) is 9.79. The molecule has 21 heavy (non-hydrogen) atoms. The van der Waals surface area contributed by atoms with Crippen LogP contribution in [0.3, 0.4) is 0 Å². The molecule has 2 N–H and O–H groups in total. The van der Waals surface area contributed by atoms with Crippen molar-refractivity contribution in [2.45, 2.75) is 19.5 Å². The molecule has 0 fully saturated rings. The van der Waals surface area contributed by atoms with E-state index in [0.717, 1.165) is 0 Å². The van der Waals surface area contributed by atoms with Crippen molar-refractivity contribution >= 4 is 5.82 Å². The number of nitrogen functional groups attached to an aromatic ring is 1. The third-order valence-electron chi connectivity index (χ3n) is 3.44. The summed E-state index contributed by atoms with van der Waals surface area (Å²) in [6.07, 6.45) is 1.63. The van der Waals surface area contributed by atoms with Crippen molar-refractivity contribution in [2.24, 2.45) is 7.05 Å². The van der Waals surface area contributed by atoms with Gasteiger partial charge in [-0.15, -0.1) is 0 Å². The van der Waals surface area contributed by atoms with E-state index in [1.165, 1.54) is 28.1 Å². The average molecular weight is 293 g/mol. The molecule has 0 saturated carbocycles. The van der Waals surface area contributed by atoms with Crippen LogP contribution in [0.25, 0.3) is 11.1 Å². The Morgan fingerprint density at radius 1 is 1.19 bits per heavy atom. The number of benzene rings is 1. The fourth-order valence-electron chi connectivity index (χ4n) is 2.16. The van der Waals surface area contributed by atoms with Gasteiger partial charge in [-0.05, 0) is 31.5 Å². The van der Waals surface area contributed by atoms with Crippen LogP contribution >= 0.6 is 0 Å². The van der Waals surface area contributed by atoms with Gasteiger partial charge in [0.15, 0.2) is 11.5 Å². The number of hydrogen-bond donors (Lipinski definition) is 1. The highest BCUT2D eigenvalue weighted by molar-refractivity contribution is 5.81. The number of nitrogens with two attached hydrogens (primary N) is 1. The van der Waals surface area contributed by atoms with Gasteiger partial charge in [-0.1, -0.05) is 0 Å². The SMILES string of the molecule is COc1cc(C(C)(C)F)cc(-c2cnn(C)c2N)c1OC. The molecule has 2 rings (SSSR count). The Hall–Kier alpha value is -2.24. The van der Waals surface area contributed by atoms with E-state index < -0.39 is 5.67 Å². The Labute approximate surface area is 123 Å². The first-order valence-electron chi connectivity index (χ1n) is 6.52. The molecule has 1 heterocycles. The van der Waals surface area contributed by atoms with E-state index in [2.05, 4.69) is 5.10 Å². The quantitative estimate of drug-likeness (QED) is 0.941. The second-order valence-corrected chi connectivity index (χ2v) is 5.30. The summed E-state index contributed by atoms with van der Waals surface area (Å²) in [5.41, 5.74) is 6.33. The Balaban J connectivity index is 2.76. The molecule has 1 aromatic carbocycles. The van der Waals surface area contributed by atoms with E-state index >= 15 is 0 Å². The van der Waals surface area contributed by atoms with Crippen molar-refractivity contribution in [3.05, 3.63) is 23.9 Å². The summed E-state index contributed by atoms with van der Waals surface area (Å²) in [6, 6.07) is 3.35. The second-order valence-electron chi connectivity index (χ2n) is 5.30. The first kappa shape index (κ1) is 15.2. The van der Waals surface area contributed by atoms with E-state index in [9.17, 15) is 4.39 Å². The summed E-state index contributed by atoms with van der Waals surface area (Å²) >= 11 is 0. The molecule has 6 heteroatoms. The van der Waals surface area contributed by atoms with Crippen LogP contribution in [0.15, 0.2) is 18.3 Å². The number of aryl methyl sites for hydroxylation is 1. The first-order valence-corrected chi connectivity index (χ1v) is 6.52. The normalized spacial score (nSPS) is 11.5. The number of anilines is 1. The molecule has 0 atom stereocenters. The molecule has 0 aliphatic carbocycles. The van der Waals surface area contributed by atoms with E-state index in [1.54, 1.807) is 30.1 Å². The smallest absolute Gasteiger partial charge is 0.168 e. The number of methoxy groups -OCH3 is 2. The Morgan fingerprint density at radius 3 is 2.29 bits per heavy atom. The van der Waals surface area contributed by atoms with Gasteiger partial charge in [-0.2, -0.15) is 5.10 Å². The van der Waals surface area contributed by atoms with Gasteiger partial charge in [0, 0.05) is 18.2 Å². The predicted octanol–water partition coefficient (Wildman–Crippen LogP) is 2.89. The number of rotatable bonds is 4. The van der Waals surface area contributed by atoms with Gasteiger partial charge < -0.3 is 15.2 Å². The number of halogens is 1. The maximum Gasteiger partial charge on any atom is 0.168 e. The fraction of sp³-hybridized carbons (Fsp3) is 0.400. The number of alkyl halides is 1. The molecule has 0 amide bonds. The van der Waals surface area contributed by atoms with Gasteiger partial charge in [0.2, 0.25) is 0 Å². The topological polar surface area (TPSA) is 62.3 Å². The summed E-state index contributed by atoms with van der Waals surface area (Å²) in [5, 5.41) is 4.12. The maximum atomic E-state index is 14.3. The lowest BCUT2D eigenvalue weighted by atomic mass is 9.95. The van der Waals surface area contributed by atoms with Gasteiger partial charge in [0.25, 0.3) is 0 Å². The molecule has 0 aliphatic heterocycles. The molecule has 5 nitrogen and oxygen atoms in total. The number of hydrogen-bond acceptors (Lipinski definition) is 4. The predicted molar refractivity (Wildman–Crippen MR) is 80.3 cm³/mol. The van der Waals surface area contributed by atoms with E-state index in [-0.39, 0.29) is 0 Å². The van der Waals surface area contributed by atoms with Crippen molar-refractivity contribution in [1.29, 1.82) is 0 Å². The highest BCUT2D eigenvalue weighted by Gasteiger charge is 2.25. The van der Waals surface area contributed by atoms with E-state index in [0.29, 0.717) is 34.0 Å². The van der Waals surface area contributed by atoms with Gasteiger partial charge in [-0.3, -0.25) is 4.68 Å². The average Bonchev–Trinajstić information content (AvgIpc) is 2.76. The van der Waals surface area contributed by atoms with Crippen molar-refractivity contribution in [1.82, 2.24) is 9.78 Å². The summed E-state index contributed by atoms with van der Waals surface area (Å²) in [4.78, 5) is 0. The minimum absolute atomic E-state index is 0.457. The van der Waals surface area contributed by atoms with Crippen LogP contribution in [-0.2, 0) is 12.7 Å². The minimum atomic E-state index is -1.51. The summed E-state index contributed by atoms with van der Waals surface area (Å²) < 4.78 is 26.6. The Morgan fingerprint density at radius 2 is 1.86 bits per heavy atom. The molecule has 0 spiro atoms. The third kappa shape index (κ3) is 2.66. The van der Waals surface area contributed by atoms with Crippen LogP contribution in [0.2, 0.25) is 0 Å². The van der Waals surface area contributed by atoms with Crippen molar-refractivity contribution in [3.63, 3.8) is 0 Å². The number of ether oxygens (including phenoxy) is 2. The van der Waals surface area contributed by atoms with Crippen molar-refractivity contribution in [3.8, 4) is 22.6 Å².